The second-order valence-electron chi connectivity index (χ2n) is 6.46. The number of aromatic nitrogens is 2. The van der Waals surface area contributed by atoms with Crippen molar-refractivity contribution < 1.29 is 14.2 Å². The van der Waals surface area contributed by atoms with E-state index in [0.29, 0.717) is 28.8 Å². The second kappa shape index (κ2) is 7.44. The van der Waals surface area contributed by atoms with Crippen LogP contribution in [-0.2, 0) is 6.54 Å². The molecule has 3 N–H and O–H groups in total. The molecule has 0 radical (unpaired) electrons. The molecule has 0 bridgehead atoms. The maximum Gasteiger partial charge on any atom is 0.248 e. The van der Waals surface area contributed by atoms with Crippen LogP contribution in [0, 0.1) is 13.8 Å². The van der Waals surface area contributed by atoms with Gasteiger partial charge >= 0.3 is 0 Å². The molecule has 8 heteroatoms. The summed E-state index contributed by atoms with van der Waals surface area (Å²) in [7, 11) is 0. The van der Waals surface area contributed by atoms with Gasteiger partial charge in [0, 0.05) is 11.6 Å². The molecule has 2 aromatic carbocycles. The van der Waals surface area contributed by atoms with Gasteiger partial charge in [-0.25, -0.2) is 4.98 Å². The minimum Gasteiger partial charge on any atom is -0.454 e. The van der Waals surface area contributed by atoms with Crippen LogP contribution in [0.4, 0.5) is 11.5 Å². The summed E-state index contributed by atoms with van der Waals surface area (Å²) in [6.45, 7) is 4.60. The third-order valence-corrected chi connectivity index (χ3v) is 4.96. The third kappa shape index (κ3) is 3.61. The highest BCUT2D eigenvalue weighted by atomic mass is 35.5. The van der Waals surface area contributed by atoms with Crippen LogP contribution in [0.1, 0.15) is 16.7 Å². The predicted octanol–water partition coefficient (Wildman–Crippen LogP) is 4.46. The Morgan fingerprint density at radius 1 is 1.11 bits per heavy atom. The van der Waals surface area contributed by atoms with Crippen LogP contribution in [0.5, 0.6) is 23.1 Å². The number of nitrogens with two attached hydrogens (primary N) is 1. The van der Waals surface area contributed by atoms with E-state index in [0.717, 1.165) is 28.2 Å². The molecule has 0 saturated heterocycles. The zero-order valence-electron chi connectivity index (χ0n) is 15.5. The Labute approximate surface area is 167 Å². The monoisotopic (exact) mass is 398 g/mol. The third-order valence-electron chi connectivity index (χ3n) is 4.37. The Bertz CT molecular complexity index is 1020. The molecule has 144 valence electrons. The van der Waals surface area contributed by atoms with Gasteiger partial charge in [0.2, 0.25) is 12.7 Å². The average Bonchev–Trinajstić information content (AvgIpc) is 3.14. The number of fused-ring (bicyclic) bond motifs is 1. The number of nitrogen functional groups attached to an aromatic ring is 1. The lowest BCUT2D eigenvalue weighted by Gasteiger charge is -2.13. The van der Waals surface area contributed by atoms with E-state index < -0.39 is 0 Å². The van der Waals surface area contributed by atoms with Gasteiger partial charge in [-0.1, -0.05) is 17.7 Å². The highest BCUT2D eigenvalue weighted by Crippen LogP contribution is 2.34. The van der Waals surface area contributed by atoms with E-state index in [2.05, 4.69) is 15.3 Å². The number of ether oxygens (including phenoxy) is 3. The number of nitrogens with one attached hydrogen (secondary N) is 1. The normalized spacial score (nSPS) is 12.1. The topological polar surface area (TPSA) is 91.5 Å². The van der Waals surface area contributed by atoms with Crippen LogP contribution in [0.25, 0.3) is 0 Å². The lowest BCUT2D eigenvalue weighted by atomic mass is 10.1. The highest BCUT2D eigenvalue weighted by Gasteiger charge is 2.15. The average molecular weight is 399 g/mol. The van der Waals surface area contributed by atoms with Crippen LogP contribution in [0.2, 0.25) is 5.02 Å². The van der Waals surface area contributed by atoms with Crippen molar-refractivity contribution in [3.05, 3.63) is 58.4 Å². The van der Waals surface area contributed by atoms with Crippen molar-refractivity contribution in [2.24, 2.45) is 0 Å². The predicted molar refractivity (Wildman–Crippen MR) is 107 cm³/mol. The molecule has 0 fully saturated rings. The van der Waals surface area contributed by atoms with Crippen molar-refractivity contribution >= 4 is 23.1 Å². The lowest BCUT2D eigenvalue weighted by molar-refractivity contribution is 0.174. The summed E-state index contributed by atoms with van der Waals surface area (Å²) in [5.41, 5.74) is 9.39. The minimum absolute atomic E-state index is 0.245. The molecule has 1 aliphatic heterocycles. The molecule has 0 atom stereocenters. The summed E-state index contributed by atoms with van der Waals surface area (Å²) < 4.78 is 16.6. The first-order valence-corrected chi connectivity index (χ1v) is 9.06. The summed E-state index contributed by atoms with van der Waals surface area (Å²) in [5, 5.41) is 3.92. The number of anilines is 2. The van der Waals surface area contributed by atoms with E-state index in [-0.39, 0.29) is 12.7 Å². The first kappa shape index (κ1) is 18.2. The number of nitrogens with zero attached hydrogens (tertiary/aromatic N) is 2. The Hall–Kier alpha value is -3.19. The van der Waals surface area contributed by atoms with Gasteiger partial charge in [-0.3, -0.25) is 0 Å². The Balaban J connectivity index is 1.50. The standard InChI is InChI=1S/C20H19ClN4O3/c1-11-5-14(6-12(2)17(11)21)28-20-18(22)19(24-9-25-20)23-8-13-3-4-15-16(7-13)27-10-26-15/h3-7,9H,8,10,22H2,1-2H3,(H,23,24,25). The smallest absolute Gasteiger partial charge is 0.248 e. The molecule has 3 aromatic rings. The Morgan fingerprint density at radius 3 is 2.64 bits per heavy atom. The molecule has 0 amide bonds. The van der Waals surface area contributed by atoms with Crippen LogP contribution >= 0.6 is 11.6 Å². The summed E-state index contributed by atoms with van der Waals surface area (Å²) in [6.07, 6.45) is 1.41. The van der Waals surface area contributed by atoms with Crippen molar-refractivity contribution in [3.8, 4) is 23.1 Å². The maximum absolute atomic E-state index is 6.21. The van der Waals surface area contributed by atoms with Gasteiger partial charge in [-0.15, -0.1) is 0 Å². The van der Waals surface area contributed by atoms with Gasteiger partial charge in [0.15, 0.2) is 17.3 Å². The molecular formula is C20H19ClN4O3. The SMILES string of the molecule is Cc1cc(Oc2ncnc(NCc3ccc4c(c3)OCO4)c2N)cc(C)c1Cl. The van der Waals surface area contributed by atoms with E-state index >= 15 is 0 Å². The zero-order valence-corrected chi connectivity index (χ0v) is 16.2. The first-order chi connectivity index (χ1) is 13.5. The van der Waals surface area contributed by atoms with Gasteiger partial charge in [0.1, 0.15) is 17.8 Å². The van der Waals surface area contributed by atoms with Crippen molar-refractivity contribution in [1.29, 1.82) is 0 Å². The van der Waals surface area contributed by atoms with E-state index in [4.69, 9.17) is 31.5 Å². The maximum atomic E-state index is 6.21. The fourth-order valence-electron chi connectivity index (χ4n) is 2.92. The molecule has 4 rings (SSSR count). The van der Waals surface area contributed by atoms with E-state index in [9.17, 15) is 0 Å². The second-order valence-corrected chi connectivity index (χ2v) is 6.83. The number of benzene rings is 2. The Kier molecular flexibility index (Phi) is 4.83. The number of rotatable bonds is 5. The number of hydrogen-bond acceptors (Lipinski definition) is 7. The van der Waals surface area contributed by atoms with Gasteiger partial charge in [-0.05, 0) is 54.8 Å². The molecule has 7 nitrogen and oxygen atoms in total. The quantitative estimate of drug-likeness (QED) is 0.655. The number of hydrogen-bond donors (Lipinski definition) is 2. The summed E-state index contributed by atoms with van der Waals surface area (Å²) in [4.78, 5) is 8.36. The molecule has 2 heterocycles. The Morgan fingerprint density at radius 2 is 1.86 bits per heavy atom. The van der Waals surface area contributed by atoms with E-state index in [1.54, 1.807) is 0 Å². The van der Waals surface area contributed by atoms with Crippen LogP contribution in [0.15, 0.2) is 36.7 Å². The fraction of sp³-hybridized carbons (Fsp3) is 0.200. The van der Waals surface area contributed by atoms with Gasteiger partial charge in [0.25, 0.3) is 0 Å². The van der Waals surface area contributed by atoms with Gasteiger partial charge in [-0.2, -0.15) is 4.98 Å². The minimum atomic E-state index is 0.245. The van der Waals surface area contributed by atoms with Gasteiger partial charge in [0.05, 0.1) is 0 Å². The molecule has 0 aliphatic carbocycles. The fourth-order valence-corrected chi connectivity index (χ4v) is 3.02. The zero-order chi connectivity index (χ0) is 19.7. The molecule has 1 aliphatic rings. The van der Waals surface area contributed by atoms with E-state index in [1.165, 1.54) is 6.33 Å². The number of halogens is 1. The van der Waals surface area contributed by atoms with Crippen molar-refractivity contribution in [2.75, 3.05) is 17.8 Å². The first-order valence-electron chi connectivity index (χ1n) is 8.68. The van der Waals surface area contributed by atoms with Crippen LogP contribution in [0.3, 0.4) is 0 Å². The molecule has 0 unspecified atom stereocenters. The van der Waals surface area contributed by atoms with Crippen molar-refractivity contribution in [2.45, 2.75) is 20.4 Å². The highest BCUT2D eigenvalue weighted by molar-refractivity contribution is 6.32. The lowest BCUT2D eigenvalue weighted by Crippen LogP contribution is -2.07. The largest absolute Gasteiger partial charge is 0.454 e. The van der Waals surface area contributed by atoms with E-state index in [1.807, 2.05) is 44.2 Å². The van der Waals surface area contributed by atoms with Crippen LogP contribution < -0.4 is 25.3 Å². The molecule has 28 heavy (non-hydrogen) atoms. The summed E-state index contributed by atoms with van der Waals surface area (Å²) in [6, 6.07) is 9.44. The van der Waals surface area contributed by atoms with Crippen molar-refractivity contribution in [3.63, 3.8) is 0 Å². The van der Waals surface area contributed by atoms with Crippen molar-refractivity contribution in [1.82, 2.24) is 9.97 Å². The summed E-state index contributed by atoms with van der Waals surface area (Å²) in [5.74, 6) is 2.86. The molecule has 1 aromatic heterocycles. The van der Waals surface area contributed by atoms with Crippen LogP contribution in [-0.4, -0.2) is 16.8 Å². The number of aryl methyl sites for hydroxylation is 2. The molecule has 0 saturated carbocycles. The molecular weight excluding hydrogens is 380 g/mol. The van der Waals surface area contributed by atoms with Gasteiger partial charge < -0.3 is 25.3 Å². The molecule has 0 spiro atoms. The summed E-state index contributed by atoms with van der Waals surface area (Å²) >= 11 is 6.21.